The number of benzene rings is 1. The summed E-state index contributed by atoms with van der Waals surface area (Å²) in [4.78, 5) is 24.1. The highest BCUT2D eigenvalue weighted by Gasteiger charge is 2.28. The van der Waals surface area contributed by atoms with Gasteiger partial charge in [-0.2, -0.15) is 4.68 Å². The Kier molecular flexibility index (Phi) is 3.82. The van der Waals surface area contributed by atoms with Crippen molar-refractivity contribution in [2.75, 3.05) is 0 Å². The van der Waals surface area contributed by atoms with Crippen molar-refractivity contribution in [3.8, 4) is 5.69 Å². The van der Waals surface area contributed by atoms with E-state index in [2.05, 4.69) is 20.8 Å². The van der Waals surface area contributed by atoms with Gasteiger partial charge >= 0.3 is 5.97 Å². The van der Waals surface area contributed by atoms with Gasteiger partial charge in [-0.25, -0.2) is 4.79 Å². The molecule has 1 aromatic heterocycles. The maximum atomic E-state index is 12.3. The highest BCUT2D eigenvalue weighted by Crippen LogP contribution is 2.19. The van der Waals surface area contributed by atoms with Crippen molar-refractivity contribution < 1.29 is 14.3 Å². The summed E-state index contributed by atoms with van der Waals surface area (Å²) < 4.78 is 6.60. The third kappa shape index (κ3) is 3.11. The van der Waals surface area contributed by atoms with E-state index in [9.17, 15) is 9.59 Å². The van der Waals surface area contributed by atoms with Crippen LogP contribution >= 0.6 is 0 Å². The Bertz CT molecular complexity index is 682. The Morgan fingerprint density at radius 2 is 2.14 bits per heavy atom. The van der Waals surface area contributed by atoms with Crippen LogP contribution in [0.25, 0.3) is 5.69 Å². The summed E-state index contributed by atoms with van der Waals surface area (Å²) in [5, 5.41) is 13.6. The summed E-state index contributed by atoms with van der Waals surface area (Å²) in [5.41, 5.74) is 0.785. The van der Waals surface area contributed by atoms with Crippen LogP contribution in [0.4, 0.5) is 0 Å². The molecule has 22 heavy (non-hydrogen) atoms. The van der Waals surface area contributed by atoms with Crippen LogP contribution in [0.2, 0.25) is 0 Å². The molecule has 0 bridgehead atoms. The summed E-state index contributed by atoms with van der Waals surface area (Å²) in [6, 6.07) is 6.99. The zero-order valence-corrected chi connectivity index (χ0v) is 12.0. The van der Waals surface area contributed by atoms with Crippen molar-refractivity contribution in [2.45, 2.75) is 31.9 Å². The van der Waals surface area contributed by atoms with Crippen molar-refractivity contribution in [1.82, 2.24) is 25.5 Å². The number of rotatable bonds is 5. The predicted molar refractivity (Wildman–Crippen MR) is 75.2 cm³/mol. The van der Waals surface area contributed by atoms with Gasteiger partial charge in [0.15, 0.2) is 6.10 Å². The number of aromatic nitrogens is 4. The molecule has 1 atom stereocenters. The summed E-state index contributed by atoms with van der Waals surface area (Å²) in [5.74, 6) is -0.875. The number of nitrogens with one attached hydrogen (secondary N) is 1. The lowest BCUT2D eigenvalue weighted by atomic mass is 10.2. The molecule has 114 valence electrons. The van der Waals surface area contributed by atoms with Gasteiger partial charge < -0.3 is 10.1 Å². The van der Waals surface area contributed by atoms with Crippen molar-refractivity contribution in [2.24, 2.45) is 0 Å². The number of carbonyl (C=O) groups is 2. The largest absolute Gasteiger partial charge is 0.449 e. The highest BCUT2D eigenvalue weighted by molar-refractivity contribution is 5.95. The summed E-state index contributed by atoms with van der Waals surface area (Å²) in [6.07, 6.45) is 2.49. The van der Waals surface area contributed by atoms with Crippen molar-refractivity contribution >= 4 is 11.9 Å². The fraction of sp³-hybridized carbons (Fsp3) is 0.357. The lowest BCUT2D eigenvalue weighted by molar-refractivity contribution is -0.129. The number of carbonyl (C=O) groups excluding carboxylic acids is 2. The van der Waals surface area contributed by atoms with E-state index in [1.807, 2.05) is 0 Å². The molecule has 0 saturated heterocycles. The molecule has 0 radical (unpaired) electrons. The molecule has 0 unspecified atom stereocenters. The van der Waals surface area contributed by atoms with E-state index in [-0.39, 0.29) is 11.9 Å². The molecule has 1 saturated carbocycles. The van der Waals surface area contributed by atoms with Crippen LogP contribution in [-0.2, 0) is 9.53 Å². The summed E-state index contributed by atoms with van der Waals surface area (Å²) in [7, 11) is 0. The normalized spacial score (nSPS) is 15.1. The summed E-state index contributed by atoms with van der Waals surface area (Å²) >= 11 is 0. The van der Waals surface area contributed by atoms with Gasteiger partial charge in [0.1, 0.15) is 6.33 Å². The molecule has 1 N–H and O–H groups in total. The first kappa shape index (κ1) is 14.2. The van der Waals surface area contributed by atoms with Gasteiger partial charge in [0.25, 0.3) is 5.91 Å². The number of hydrogen-bond acceptors (Lipinski definition) is 6. The maximum Gasteiger partial charge on any atom is 0.341 e. The van der Waals surface area contributed by atoms with E-state index >= 15 is 0 Å². The van der Waals surface area contributed by atoms with Gasteiger partial charge in [-0.05, 0) is 42.3 Å². The Balaban J connectivity index is 1.73. The maximum absolute atomic E-state index is 12.3. The van der Waals surface area contributed by atoms with Gasteiger partial charge in [0.2, 0.25) is 0 Å². The molecule has 8 nitrogen and oxygen atoms in total. The minimum Gasteiger partial charge on any atom is -0.449 e. The van der Waals surface area contributed by atoms with Crippen LogP contribution in [-0.4, -0.2) is 44.2 Å². The Labute approximate surface area is 126 Å². The predicted octanol–water partition coefficient (Wildman–Crippen LogP) is 0.486. The van der Waals surface area contributed by atoms with E-state index in [1.54, 1.807) is 31.2 Å². The van der Waals surface area contributed by atoms with Crippen LogP contribution in [0.15, 0.2) is 30.6 Å². The van der Waals surface area contributed by atoms with Crippen molar-refractivity contribution in [3.63, 3.8) is 0 Å². The number of nitrogens with zero attached hydrogens (tertiary/aromatic N) is 4. The minimum atomic E-state index is -0.852. The van der Waals surface area contributed by atoms with E-state index in [1.165, 1.54) is 11.0 Å². The second kappa shape index (κ2) is 5.92. The molecular formula is C14H15N5O3. The van der Waals surface area contributed by atoms with Gasteiger partial charge in [-0.3, -0.25) is 4.79 Å². The van der Waals surface area contributed by atoms with Crippen LogP contribution in [0.1, 0.15) is 30.1 Å². The van der Waals surface area contributed by atoms with Crippen LogP contribution < -0.4 is 5.32 Å². The number of para-hydroxylation sites is 1. The molecule has 1 aromatic carbocycles. The second-order valence-corrected chi connectivity index (χ2v) is 5.10. The monoisotopic (exact) mass is 301 g/mol. The third-order valence-electron chi connectivity index (χ3n) is 3.30. The first-order valence-electron chi connectivity index (χ1n) is 6.99. The molecular weight excluding hydrogens is 286 g/mol. The van der Waals surface area contributed by atoms with Gasteiger partial charge in [-0.1, -0.05) is 12.1 Å². The Morgan fingerprint density at radius 1 is 1.36 bits per heavy atom. The number of hydrogen-bond donors (Lipinski definition) is 1. The molecule has 1 fully saturated rings. The molecule has 1 aliphatic rings. The quantitative estimate of drug-likeness (QED) is 0.807. The topological polar surface area (TPSA) is 99.0 Å². The van der Waals surface area contributed by atoms with Crippen LogP contribution in [0.5, 0.6) is 0 Å². The highest BCUT2D eigenvalue weighted by atomic mass is 16.5. The number of amides is 1. The smallest absolute Gasteiger partial charge is 0.341 e. The third-order valence-corrected chi connectivity index (χ3v) is 3.30. The van der Waals surface area contributed by atoms with E-state index in [0.29, 0.717) is 11.3 Å². The SMILES string of the molecule is C[C@H](OC(=O)c1ccccc1-n1cnnn1)C(=O)NC1CC1. The fourth-order valence-electron chi connectivity index (χ4n) is 1.94. The minimum absolute atomic E-state index is 0.224. The molecule has 0 spiro atoms. The van der Waals surface area contributed by atoms with Gasteiger partial charge in [-0.15, -0.1) is 5.10 Å². The van der Waals surface area contributed by atoms with E-state index < -0.39 is 12.1 Å². The number of tetrazole rings is 1. The number of ether oxygens (including phenoxy) is 1. The standard InChI is InChI=1S/C14H15N5O3/c1-9(13(20)16-10-6-7-10)22-14(21)11-4-2-3-5-12(11)19-8-15-17-18-19/h2-5,8-10H,6-7H2,1H3,(H,16,20)/t9-/m0/s1. The van der Waals surface area contributed by atoms with Crippen LogP contribution in [0.3, 0.4) is 0 Å². The van der Waals surface area contributed by atoms with Gasteiger partial charge in [0.05, 0.1) is 11.3 Å². The fourth-order valence-corrected chi connectivity index (χ4v) is 1.94. The van der Waals surface area contributed by atoms with Crippen molar-refractivity contribution in [3.05, 3.63) is 36.2 Å². The van der Waals surface area contributed by atoms with Crippen molar-refractivity contribution in [1.29, 1.82) is 0 Å². The molecule has 1 amide bonds. The molecule has 0 aliphatic heterocycles. The molecule has 8 heteroatoms. The molecule has 1 aliphatic carbocycles. The van der Waals surface area contributed by atoms with Gasteiger partial charge in [0, 0.05) is 6.04 Å². The summed E-state index contributed by atoms with van der Waals surface area (Å²) in [6.45, 7) is 1.55. The zero-order valence-electron chi connectivity index (χ0n) is 12.0. The first-order valence-corrected chi connectivity index (χ1v) is 6.99. The first-order chi connectivity index (χ1) is 10.6. The Hall–Kier alpha value is -2.77. The Morgan fingerprint density at radius 3 is 2.82 bits per heavy atom. The molecule has 1 heterocycles. The average molecular weight is 301 g/mol. The van der Waals surface area contributed by atoms with E-state index in [4.69, 9.17) is 4.74 Å². The zero-order chi connectivity index (χ0) is 15.5. The average Bonchev–Trinajstić information content (AvgIpc) is 3.17. The van der Waals surface area contributed by atoms with E-state index in [0.717, 1.165) is 12.8 Å². The second-order valence-electron chi connectivity index (χ2n) is 5.10. The molecule has 3 rings (SSSR count). The lowest BCUT2D eigenvalue weighted by Gasteiger charge is -2.14. The molecule has 2 aromatic rings. The van der Waals surface area contributed by atoms with Crippen LogP contribution in [0, 0.1) is 0 Å². The lowest BCUT2D eigenvalue weighted by Crippen LogP contribution is -2.37. The number of esters is 1.